The molecule has 0 aromatic rings. The van der Waals surface area contributed by atoms with E-state index in [0.29, 0.717) is 31.6 Å². The number of aliphatic hydroxyl groups excluding tert-OH is 1. The van der Waals surface area contributed by atoms with E-state index in [2.05, 4.69) is 48.5 Å². The van der Waals surface area contributed by atoms with Gasteiger partial charge in [-0.05, 0) is 43.4 Å². The molecule has 100 heavy (non-hydrogen) atoms. The fourth-order valence-corrected chi connectivity index (χ4v) is 14.1. The molecular formula is C81H158O17P2. The molecule has 3 N–H and O–H groups in total. The lowest BCUT2D eigenvalue weighted by atomic mass is 10.0. The molecule has 0 radical (unpaired) electrons. The Kier molecular flexibility index (Phi) is 69.9. The van der Waals surface area contributed by atoms with Gasteiger partial charge in [0.2, 0.25) is 0 Å². The van der Waals surface area contributed by atoms with Crippen molar-refractivity contribution in [1.82, 2.24) is 0 Å². The van der Waals surface area contributed by atoms with Crippen LogP contribution in [0.25, 0.3) is 0 Å². The van der Waals surface area contributed by atoms with Crippen LogP contribution in [0.4, 0.5) is 0 Å². The number of phosphoric acid groups is 2. The van der Waals surface area contributed by atoms with Crippen molar-refractivity contribution < 1.29 is 80.2 Å². The molecule has 0 bridgehead atoms. The Morgan fingerprint density at radius 2 is 0.460 bits per heavy atom. The van der Waals surface area contributed by atoms with Gasteiger partial charge in [0, 0.05) is 25.7 Å². The van der Waals surface area contributed by atoms with E-state index in [4.69, 9.17) is 37.0 Å². The number of unbranched alkanes of at least 4 members (excludes halogenated alkanes) is 47. The van der Waals surface area contributed by atoms with Crippen LogP contribution in [-0.2, 0) is 65.4 Å². The van der Waals surface area contributed by atoms with Gasteiger partial charge >= 0.3 is 39.5 Å². The largest absolute Gasteiger partial charge is 0.472 e. The maximum atomic E-state index is 13.1. The Morgan fingerprint density at radius 3 is 0.680 bits per heavy atom. The number of carbonyl (C=O) groups is 4. The lowest BCUT2D eigenvalue weighted by molar-refractivity contribution is -0.161. The highest BCUT2D eigenvalue weighted by atomic mass is 31.2. The molecule has 0 saturated carbocycles. The summed E-state index contributed by atoms with van der Waals surface area (Å²) in [6.07, 6.45) is 59.9. The SMILES string of the molecule is CCCCCCCCCCCCCCCCCCCCCCCC(=O)O[C@H](COC(=O)CCCCCCCCCCCCCCCC(C)C)COP(=O)(O)OC[C@@H](O)COP(=O)(O)OC[C@@H](COC(=O)CCCCCCCCCC(C)C)OC(=O)CCCCCCCCCCCCC(C)C. The lowest BCUT2D eigenvalue weighted by Crippen LogP contribution is -2.30. The van der Waals surface area contributed by atoms with Crippen LogP contribution in [0.1, 0.15) is 421 Å². The molecule has 0 rings (SSSR count). The minimum Gasteiger partial charge on any atom is -0.462 e. The van der Waals surface area contributed by atoms with Crippen LogP contribution < -0.4 is 0 Å². The number of esters is 4. The summed E-state index contributed by atoms with van der Waals surface area (Å²) in [6, 6.07) is 0. The first-order chi connectivity index (χ1) is 48.2. The summed E-state index contributed by atoms with van der Waals surface area (Å²) in [5.41, 5.74) is 0. The first kappa shape index (κ1) is 98.1. The van der Waals surface area contributed by atoms with Gasteiger partial charge in [-0.15, -0.1) is 0 Å². The number of aliphatic hydroxyl groups is 1. The molecule has 0 aliphatic carbocycles. The van der Waals surface area contributed by atoms with Crippen LogP contribution in [0.15, 0.2) is 0 Å². The number of hydrogen-bond donors (Lipinski definition) is 3. The van der Waals surface area contributed by atoms with Gasteiger partial charge in [-0.1, -0.05) is 370 Å². The summed E-state index contributed by atoms with van der Waals surface area (Å²) in [4.78, 5) is 73.0. The Hall–Kier alpha value is -1.94. The zero-order chi connectivity index (χ0) is 73.7. The molecule has 17 nitrogen and oxygen atoms in total. The van der Waals surface area contributed by atoms with Crippen LogP contribution in [-0.4, -0.2) is 96.7 Å². The number of carbonyl (C=O) groups excluding carboxylic acids is 4. The smallest absolute Gasteiger partial charge is 0.462 e. The molecule has 19 heteroatoms. The summed E-state index contributed by atoms with van der Waals surface area (Å²) >= 11 is 0. The highest BCUT2D eigenvalue weighted by Gasteiger charge is 2.30. The van der Waals surface area contributed by atoms with Crippen molar-refractivity contribution in [2.24, 2.45) is 17.8 Å². The molecular weight excluding hydrogens is 1310 g/mol. The van der Waals surface area contributed by atoms with Gasteiger partial charge in [0.25, 0.3) is 0 Å². The third-order valence-electron chi connectivity index (χ3n) is 18.9. The van der Waals surface area contributed by atoms with Crippen molar-refractivity contribution in [2.45, 2.75) is 439 Å². The van der Waals surface area contributed by atoms with Crippen LogP contribution in [0, 0.1) is 17.8 Å². The normalized spacial score (nSPS) is 14.0. The fourth-order valence-electron chi connectivity index (χ4n) is 12.5. The zero-order valence-electron chi connectivity index (χ0n) is 65.7. The summed E-state index contributed by atoms with van der Waals surface area (Å²) in [5, 5.41) is 10.6. The quantitative estimate of drug-likeness (QED) is 0.0222. The average molecular weight is 1470 g/mol. The van der Waals surface area contributed by atoms with E-state index in [9.17, 15) is 43.2 Å². The highest BCUT2D eigenvalue weighted by molar-refractivity contribution is 7.47. The number of hydrogen-bond acceptors (Lipinski definition) is 15. The van der Waals surface area contributed by atoms with Crippen molar-refractivity contribution in [3.63, 3.8) is 0 Å². The molecule has 2 unspecified atom stereocenters. The van der Waals surface area contributed by atoms with Gasteiger partial charge in [-0.2, -0.15) is 0 Å². The molecule has 0 spiro atoms. The van der Waals surface area contributed by atoms with E-state index in [0.717, 1.165) is 108 Å². The molecule has 594 valence electrons. The zero-order valence-corrected chi connectivity index (χ0v) is 67.5. The lowest BCUT2D eigenvalue weighted by Gasteiger charge is -2.21. The third kappa shape index (κ3) is 74.3. The van der Waals surface area contributed by atoms with Gasteiger partial charge < -0.3 is 33.8 Å². The minimum absolute atomic E-state index is 0.105. The second-order valence-electron chi connectivity index (χ2n) is 30.6. The van der Waals surface area contributed by atoms with E-state index < -0.39 is 97.5 Å². The van der Waals surface area contributed by atoms with E-state index in [1.165, 1.54) is 225 Å². The predicted molar refractivity (Wildman–Crippen MR) is 409 cm³/mol. The maximum Gasteiger partial charge on any atom is 0.472 e. The molecule has 5 atom stereocenters. The summed E-state index contributed by atoms with van der Waals surface area (Å²) in [6.45, 7) is 11.9. The summed E-state index contributed by atoms with van der Waals surface area (Å²) < 4.78 is 68.7. The number of rotatable bonds is 79. The maximum absolute atomic E-state index is 13.1. The first-order valence-electron chi connectivity index (χ1n) is 41.8. The van der Waals surface area contributed by atoms with Crippen LogP contribution in [0.5, 0.6) is 0 Å². The van der Waals surface area contributed by atoms with E-state index in [-0.39, 0.29) is 25.7 Å². The third-order valence-corrected chi connectivity index (χ3v) is 20.8. The second-order valence-corrected chi connectivity index (χ2v) is 33.5. The predicted octanol–water partition coefficient (Wildman–Crippen LogP) is 24.1. The molecule has 0 aliphatic rings. The molecule has 0 aromatic carbocycles. The van der Waals surface area contributed by atoms with Crippen molar-refractivity contribution in [3.05, 3.63) is 0 Å². The van der Waals surface area contributed by atoms with Gasteiger partial charge in [-0.3, -0.25) is 37.3 Å². The van der Waals surface area contributed by atoms with Crippen molar-refractivity contribution in [1.29, 1.82) is 0 Å². The minimum atomic E-state index is -4.96. The molecule has 0 amide bonds. The average Bonchev–Trinajstić information content (AvgIpc) is 0.908. The van der Waals surface area contributed by atoms with Gasteiger partial charge in [0.1, 0.15) is 19.3 Å². The van der Waals surface area contributed by atoms with Crippen molar-refractivity contribution in [2.75, 3.05) is 39.6 Å². The van der Waals surface area contributed by atoms with E-state index in [1.807, 2.05) is 0 Å². The Morgan fingerprint density at radius 1 is 0.270 bits per heavy atom. The topological polar surface area (TPSA) is 237 Å². The van der Waals surface area contributed by atoms with Gasteiger partial charge in [0.05, 0.1) is 26.4 Å². The van der Waals surface area contributed by atoms with Gasteiger partial charge in [-0.25, -0.2) is 9.13 Å². The van der Waals surface area contributed by atoms with Crippen LogP contribution in [0.2, 0.25) is 0 Å². The fraction of sp³-hybridized carbons (Fsp3) is 0.951. The van der Waals surface area contributed by atoms with Crippen LogP contribution in [0.3, 0.4) is 0 Å². The molecule has 0 heterocycles. The monoisotopic (exact) mass is 1470 g/mol. The number of phosphoric ester groups is 2. The molecule has 0 aliphatic heterocycles. The molecule has 0 aromatic heterocycles. The Balaban J connectivity index is 5.22. The van der Waals surface area contributed by atoms with Crippen molar-refractivity contribution >= 4 is 39.5 Å². The van der Waals surface area contributed by atoms with Crippen molar-refractivity contribution in [3.8, 4) is 0 Å². The van der Waals surface area contributed by atoms with Crippen LogP contribution >= 0.6 is 15.6 Å². The summed E-state index contributed by atoms with van der Waals surface area (Å²) in [5.74, 6) is 0.135. The van der Waals surface area contributed by atoms with E-state index >= 15 is 0 Å². The number of ether oxygens (including phenoxy) is 4. The highest BCUT2D eigenvalue weighted by Crippen LogP contribution is 2.45. The Bertz CT molecular complexity index is 1940. The molecule has 0 fully saturated rings. The standard InChI is InChI=1S/C81H158O17P2/c1-8-9-10-11-12-13-14-15-16-17-18-19-20-21-22-25-29-35-42-50-57-64-80(85)97-76(68-91-78(83)62-55-48-41-34-28-26-23-24-27-32-38-45-52-59-72(2)3)70-95-99(87,88)93-66-75(82)67-94-100(89,90)96-71-77(69-92-79(84)63-56-49-44-37-40-47-54-61-74(6)7)98-81(86)65-58-51-43-36-31-30-33-39-46-53-60-73(4)5/h72-77,82H,8-71H2,1-7H3,(H,87,88)(H,89,90)/t75-,76-,77-/m1/s1. The second kappa shape index (κ2) is 71.3. The summed E-state index contributed by atoms with van der Waals surface area (Å²) in [7, 11) is -9.92. The van der Waals surface area contributed by atoms with Gasteiger partial charge in [0.15, 0.2) is 12.2 Å². The Labute approximate surface area is 613 Å². The first-order valence-corrected chi connectivity index (χ1v) is 44.8. The van der Waals surface area contributed by atoms with E-state index in [1.54, 1.807) is 0 Å². The molecule has 0 saturated heterocycles.